The van der Waals surface area contributed by atoms with Crippen LogP contribution in [0.5, 0.6) is 0 Å². The fourth-order valence-electron chi connectivity index (χ4n) is 3.06. The summed E-state index contributed by atoms with van der Waals surface area (Å²) in [6, 6.07) is 0. The van der Waals surface area contributed by atoms with Gasteiger partial charge in [-0.1, -0.05) is 18.5 Å². The molecular formula is C15H22N4OS. The van der Waals surface area contributed by atoms with Gasteiger partial charge in [0.05, 0.1) is 5.69 Å². The van der Waals surface area contributed by atoms with Crippen molar-refractivity contribution in [3.8, 4) is 10.8 Å². The molecule has 3 rings (SSSR count). The van der Waals surface area contributed by atoms with E-state index >= 15 is 0 Å². The van der Waals surface area contributed by atoms with Crippen molar-refractivity contribution in [2.75, 3.05) is 0 Å². The number of aromatic nitrogens is 3. The fourth-order valence-corrected chi connectivity index (χ4v) is 3.92. The summed E-state index contributed by atoms with van der Waals surface area (Å²) >= 11 is 1.54. The van der Waals surface area contributed by atoms with Crippen LogP contribution in [0.25, 0.3) is 10.8 Å². The Morgan fingerprint density at radius 2 is 2.00 bits per heavy atom. The highest BCUT2D eigenvalue weighted by atomic mass is 32.1. The molecular weight excluding hydrogens is 284 g/mol. The highest BCUT2D eigenvalue weighted by molar-refractivity contribution is 7.15. The van der Waals surface area contributed by atoms with Crippen molar-refractivity contribution in [3.63, 3.8) is 0 Å². The van der Waals surface area contributed by atoms with Gasteiger partial charge >= 0.3 is 0 Å². The molecule has 1 aliphatic carbocycles. The number of thiazole rings is 1. The Kier molecular flexibility index (Phi) is 4.35. The van der Waals surface area contributed by atoms with E-state index in [2.05, 4.69) is 22.0 Å². The molecule has 114 valence electrons. The van der Waals surface area contributed by atoms with E-state index in [1.165, 1.54) is 32.1 Å². The topological polar surface area (TPSA) is 77.8 Å². The molecule has 0 amide bonds. The first kappa shape index (κ1) is 14.7. The maximum Gasteiger partial charge on any atom is 0.269 e. The van der Waals surface area contributed by atoms with Gasteiger partial charge in [-0.15, -0.1) is 11.3 Å². The molecule has 0 aliphatic heterocycles. The molecule has 0 radical (unpaired) electrons. The van der Waals surface area contributed by atoms with Crippen LogP contribution in [0.1, 0.15) is 61.5 Å². The number of hydrogen-bond acceptors (Lipinski definition) is 6. The molecule has 5 nitrogen and oxygen atoms in total. The van der Waals surface area contributed by atoms with Gasteiger partial charge in [0.15, 0.2) is 5.82 Å². The first-order valence-corrected chi connectivity index (χ1v) is 8.53. The minimum Gasteiger partial charge on any atom is -0.333 e. The molecule has 6 heteroatoms. The third kappa shape index (κ3) is 3.01. The van der Waals surface area contributed by atoms with Crippen molar-refractivity contribution in [2.45, 2.75) is 58.4 Å². The molecule has 0 saturated heterocycles. The van der Waals surface area contributed by atoms with Crippen LogP contribution < -0.4 is 5.73 Å². The van der Waals surface area contributed by atoms with Crippen LogP contribution in [0.2, 0.25) is 0 Å². The zero-order chi connectivity index (χ0) is 14.8. The minimum absolute atomic E-state index is 0.451. The van der Waals surface area contributed by atoms with Crippen molar-refractivity contribution < 1.29 is 4.52 Å². The highest BCUT2D eigenvalue weighted by Crippen LogP contribution is 2.37. The van der Waals surface area contributed by atoms with Crippen LogP contribution in [0, 0.1) is 12.8 Å². The second-order valence-corrected chi connectivity index (χ2v) is 6.89. The number of aryl methyl sites for hydroxylation is 1. The van der Waals surface area contributed by atoms with Crippen molar-refractivity contribution in [2.24, 2.45) is 11.7 Å². The summed E-state index contributed by atoms with van der Waals surface area (Å²) in [5.74, 6) is 2.79. The van der Waals surface area contributed by atoms with Gasteiger partial charge in [0, 0.05) is 12.5 Å². The summed E-state index contributed by atoms with van der Waals surface area (Å²) in [5, 5.41) is 5.11. The molecule has 1 aliphatic rings. The first-order valence-electron chi connectivity index (χ1n) is 7.71. The van der Waals surface area contributed by atoms with Crippen LogP contribution in [-0.4, -0.2) is 15.1 Å². The first-order chi connectivity index (χ1) is 10.2. The lowest BCUT2D eigenvalue weighted by Gasteiger charge is -2.25. The lowest BCUT2D eigenvalue weighted by atomic mass is 9.80. The van der Waals surface area contributed by atoms with Gasteiger partial charge in [-0.2, -0.15) is 4.98 Å². The van der Waals surface area contributed by atoms with Crippen LogP contribution in [-0.2, 0) is 6.54 Å². The lowest BCUT2D eigenvalue weighted by molar-refractivity contribution is 0.305. The maximum atomic E-state index is 5.64. The van der Waals surface area contributed by atoms with E-state index in [1.807, 2.05) is 6.92 Å². The van der Waals surface area contributed by atoms with E-state index in [1.54, 1.807) is 11.3 Å². The monoisotopic (exact) mass is 306 g/mol. The Labute approximate surface area is 129 Å². The summed E-state index contributed by atoms with van der Waals surface area (Å²) in [6.07, 6.45) is 6.19. The summed E-state index contributed by atoms with van der Waals surface area (Å²) < 4.78 is 5.46. The zero-order valence-electron chi connectivity index (χ0n) is 12.6. The Morgan fingerprint density at radius 1 is 1.24 bits per heavy atom. The van der Waals surface area contributed by atoms with Gasteiger partial charge in [0.25, 0.3) is 5.89 Å². The SMILES string of the molecule is CCC1CCC(c2noc(-c3sc(CN)nc3C)n2)CC1. The standard InChI is InChI=1S/C15H22N4OS/c1-3-10-4-6-11(7-5-10)14-18-15(20-19-14)13-9(2)17-12(8-16)21-13/h10-11H,3-8,16H2,1-2H3. The third-order valence-corrected chi connectivity index (χ3v) is 5.61. The van der Waals surface area contributed by atoms with E-state index in [4.69, 9.17) is 10.3 Å². The average Bonchev–Trinajstić information content (AvgIpc) is 3.13. The largest absolute Gasteiger partial charge is 0.333 e. The quantitative estimate of drug-likeness (QED) is 0.933. The Morgan fingerprint density at radius 3 is 2.62 bits per heavy atom. The third-order valence-electron chi connectivity index (χ3n) is 4.44. The summed E-state index contributed by atoms with van der Waals surface area (Å²) in [7, 11) is 0. The van der Waals surface area contributed by atoms with Crippen LogP contribution in [0.15, 0.2) is 4.52 Å². The molecule has 2 aromatic rings. The molecule has 0 unspecified atom stereocenters. The lowest BCUT2D eigenvalue weighted by Crippen LogP contribution is -2.13. The molecule has 2 heterocycles. The fraction of sp³-hybridized carbons (Fsp3) is 0.667. The van der Waals surface area contributed by atoms with Gasteiger partial charge in [-0.25, -0.2) is 4.98 Å². The Balaban J connectivity index is 1.75. The minimum atomic E-state index is 0.451. The average molecular weight is 306 g/mol. The van der Waals surface area contributed by atoms with Gasteiger partial charge in [0.2, 0.25) is 0 Å². The summed E-state index contributed by atoms with van der Waals surface area (Å²) in [5.41, 5.74) is 6.56. The molecule has 0 atom stereocenters. The summed E-state index contributed by atoms with van der Waals surface area (Å²) in [4.78, 5) is 9.98. The van der Waals surface area contributed by atoms with Crippen LogP contribution in [0.4, 0.5) is 0 Å². The molecule has 2 N–H and O–H groups in total. The normalized spacial score (nSPS) is 22.6. The molecule has 2 aromatic heterocycles. The Bertz CT molecular complexity index is 599. The Hall–Kier alpha value is -1.27. The van der Waals surface area contributed by atoms with Crippen LogP contribution >= 0.6 is 11.3 Å². The maximum absolute atomic E-state index is 5.64. The van der Waals surface area contributed by atoms with Crippen molar-refractivity contribution in [3.05, 3.63) is 16.5 Å². The number of nitrogens with two attached hydrogens (primary N) is 1. The zero-order valence-corrected chi connectivity index (χ0v) is 13.4. The van der Waals surface area contributed by atoms with E-state index in [0.29, 0.717) is 18.4 Å². The van der Waals surface area contributed by atoms with Gasteiger partial charge in [0.1, 0.15) is 9.88 Å². The van der Waals surface area contributed by atoms with E-state index in [0.717, 1.165) is 27.3 Å². The molecule has 0 spiro atoms. The number of hydrogen-bond donors (Lipinski definition) is 1. The van der Waals surface area contributed by atoms with Crippen LogP contribution in [0.3, 0.4) is 0 Å². The van der Waals surface area contributed by atoms with E-state index in [-0.39, 0.29) is 0 Å². The summed E-state index contributed by atoms with van der Waals surface area (Å²) in [6.45, 7) is 4.69. The van der Waals surface area contributed by atoms with Crippen molar-refractivity contribution in [1.29, 1.82) is 0 Å². The molecule has 1 saturated carbocycles. The van der Waals surface area contributed by atoms with Crippen molar-refractivity contribution >= 4 is 11.3 Å². The van der Waals surface area contributed by atoms with E-state index in [9.17, 15) is 0 Å². The van der Waals surface area contributed by atoms with E-state index < -0.39 is 0 Å². The molecule has 0 bridgehead atoms. The molecule has 1 fully saturated rings. The second-order valence-electron chi connectivity index (χ2n) is 5.81. The number of rotatable bonds is 4. The van der Waals surface area contributed by atoms with Gasteiger partial charge < -0.3 is 10.3 Å². The molecule has 21 heavy (non-hydrogen) atoms. The van der Waals surface area contributed by atoms with Crippen molar-refractivity contribution in [1.82, 2.24) is 15.1 Å². The predicted octanol–water partition coefficient (Wildman–Crippen LogP) is 3.64. The predicted molar refractivity (Wildman–Crippen MR) is 83.0 cm³/mol. The van der Waals surface area contributed by atoms with Gasteiger partial charge in [-0.05, 0) is 38.5 Å². The highest BCUT2D eigenvalue weighted by Gasteiger charge is 2.26. The second kappa shape index (κ2) is 6.23. The molecule has 0 aromatic carbocycles. The smallest absolute Gasteiger partial charge is 0.269 e. The van der Waals surface area contributed by atoms with Gasteiger partial charge in [-0.3, -0.25) is 0 Å². The number of nitrogens with zero attached hydrogens (tertiary/aromatic N) is 3.